The van der Waals surface area contributed by atoms with Gasteiger partial charge in [-0.15, -0.1) is 0 Å². The fraction of sp³-hybridized carbons (Fsp3) is 0.765. The van der Waals surface area contributed by atoms with Gasteiger partial charge >= 0.3 is 12.1 Å². The van der Waals surface area contributed by atoms with E-state index in [9.17, 15) is 19.8 Å². The van der Waals surface area contributed by atoms with E-state index < -0.39 is 24.3 Å². The van der Waals surface area contributed by atoms with Crippen LogP contribution in [0, 0.1) is 23.7 Å². The van der Waals surface area contributed by atoms with E-state index in [2.05, 4.69) is 18.3 Å². The fourth-order valence-electron chi connectivity index (χ4n) is 6.75. The highest BCUT2D eigenvalue weighted by Gasteiger charge is 2.45. The van der Waals surface area contributed by atoms with Crippen LogP contribution in [0.1, 0.15) is 80.1 Å². The van der Waals surface area contributed by atoms with Crippen LogP contribution in [0.4, 0.5) is 4.79 Å². The van der Waals surface area contributed by atoms with Crippen molar-refractivity contribution in [2.45, 2.75) is 129 Å². The number of hydrogen-bond donors (Lipinski definition) is 3. The van der Waals surface area contributed by atoms with Crippen LogP contribution in [0.15, 0.2) is 36.0 Å². The quantitative estimate of drug-likeness (QED) is 0.152. The number of fused-ring (bicyclic) bond motifs is 2. The van der Waals surface area contributed by atoms with E-state index in [4.69, 9.17) is 14.2 Å². The number of ether oxygens (including phenoxy) is 3. The summed E-state index contributed by atoms with van der Waals surface area (Å²) in [5.41, 5.74) is 0.892. The number of hydrogen-bond acceptors (Lipinski definition) is 8. The van der Waals surface area contributed by atoms with Crippen molar-refractivity contribution in [3.8, 4) is 0 Å². The smallest absolute Gasteiger partial charge is 0.410 e. The van der Waals surface area contributed by atoms with Crippen LogP contribution in [0.5, 0.6) is 0 Å². The average molecular weight is 603 g/mol. The Bertz CT molecular complexity index is 1040. The van der Waals surface area contributed by atoms with Gasteiger partial charge in [0.15, 0.2) is 0 Å². The van der Waals surface area contributed by atoms with Gasteiger partial charge in [-0.3, -0.25) is 4.79 Å². The second-order valence-electron chi connectivity index (χ2n) is 13.5. The summed E-state index contributed by atoms with van der Waals surface area (Å²) in [5.74, 6) is -0.184. The average Bonchev–Trinajstić information content (AvgIpc) is 3.38. The summed E-state index contributed by atoms with van der Waals surface area (Å²) in [6, 6.07) is 0.536. The molecule has 0 aromatic rings. The highest BCUT2D eigenvalue weighted by Crippen LogP contribution is 2.36. The lowest BCUT2D eigenvalue weighted by Gasteiger charge is -2.31. The molecule has 0 saturated carbocycles. The molecule has 4 aliphatic heterocycles. The van der Waals surface area contributed by atoms with E-state index in [1.54, 1.807) is 0 Å². The normalized spacial score (nSPS) is 38.1. The van der Waals surface area contributed by atoms with E-state index in [0.29, 0.717) is 25.4 Å². The standard InChI is InChI=1S/C34H54N2O7/c1-7-28(38)24(6)33-30(41-33)15-20(2)9-8-10-22(4)32-23(5)12-14-29(21(3)11-13-27(37)17-31(39)43-32)42-34(40)36-19-25-16-26(36)18-35-25/h8-10,12,14,20-21,23-30,32-33,35,37-38H,7,11,13,15-19H2,1-6H3/b9-8+,14-12+,22-10+/t20-,21+,23+,24-,25-,26-,27-,28+,29+,30-,32-,33-/m1/s1. The highest BCUT2D eigenvalue weighted by atomic mass is 16.6. The van der Waals surface area contributed by atoms with Crippen LogP contribution < -0.4 is 5.32 Å². The van der Waals surface area contributed by atoms with Crippen molar-refractivity contribution in [3.63, 3.8) is 0 Å². The number of aliphatic hydroxyl groups excluding tert-OH is 2. The summed E-state index contributed by atoms with van der Waals surface area (Å²) in [5, 5.41) is 24.1. The number of esters is 1. The van der Waals surface area contributed by atoms with E-state index in [1.807, 2.05) is 63.8 Å². The van der Waals surface area contributed by atoms with Gasteiger partial charge in [0.05, 0.1) is 30.8 Å². The van der Waals surface area contributed by atoms with Gasteiger partial charge < -0.3 is 34.6 Å². The Labute approximate surface area is 257 Å². The second kappa shape index (κ2) is 15.2. The number of amides is 1. The van der Waals surface area contributed by atoms with Crippen molar-refractivity contribution < 1.29 is 34.0 Å². The molecule has 3 saturated heterocycles. The summed E-state index contributed by atoms with van der Waals surface area (Å²) >= 11 is 0. The maximum atomic E-state index is 13.1. The maximum absolute atomic E-state index is 13.1. The number of allylic oxidation sites excluding steroid dienone is 3. The number of piperazine rings is 1. The minimum Gasteiger partial charge on any atom is -0.457 e. The van der Waals surface area contributed by atoms with Gasteiger partial charge in [0.1, 0.15) is 12.2 Å². The Hall–Kier alpha value is -2.20. The number of carbonyl (C=O) groups excluding carboxylic acids is 2. The molecule has 1 amide bonds. The molecular weight excluding hydrogens is 548 g/mol. The molecular formula is C34H54N2O7. The topological polar surface area (TPSA) is 121 Å². The third-order valence-electron chi connectivity index (χ3n) is 9.80. The van der Waals surface area contributed by atoms with Gasteiger partial charge in [-0.25, -0.2) is 4.79 Å². The molecule has 3 fully saturated rings. The van der Waals surface area contributed by atoms with E-state index in [1.165, 1.54) is 0 Å². The first-order valence-electron chi connectivity index (χ1n) is 16.4. The summed E-state index contributed by atoms with van der Waals surface area (Å²) in [6.45, 7) is 13.6. The molecule has 4 heterocycles. The molecule has 2 bridgehead atoms. The van der Waals surface area contributed by atoms with Crippen LogP contribution in [-0.2, 0) is 19.0 Å². The van der Waals surface area contributed by atoms with Gasteiger partial charge in [-0.2, -0.15) is 0 Å². The molecule has 0 unspecified atom stereocenters. The lowest BCUT2D eigenvalue weighted by Crippen LogP contribution is -2.47. The molecule has 4 aliphatic rings. The molecule has 9 heteroatoms. The number of nitrogens with one attached hydrogen (secondary N) is 1. The fourth-order valence-corrected chi connectivity index (χ4v) is 6.75. The van der Waals surface area contributed by atoms with Crippen LogP contribution in [0.25, 0.3) is 0 Å². The molecule has 0 aromatic heterocycles. The zero-order valence-electron chi connectivity index (χ0n) is 26.9. The first-order chi connectivity index (χ1) is 20.5. The molecule has 0 aromatic carbocycles. The lowest BCUT2D eigenvalue weighted by molar-refractivity contribution is -0.151. The molecule has 242 valence electrons. The highest BCUT2D eigenvalue weighted by molar-refractivity contribution is 5.70. The van der Waals surface area contributed by atoms with E-state index in [-0.39, 0.29) is 60.5 Å². The number of cyclic esters (lactones) is 1. The molecule has 12 atom stereocenters. The van der Waals surface area contributed by atoms with Crippen LogP contribution in [0.2, 0.25) is 0 Å². The van der Waals surface area contributed by atoms with Crippen molar-refractivity contribution in [1.29, 1.82) is 0 Å². The Kier molecular flexibility index (Phi) is 11.9. The van der Waals surface area contributed by atoms with Crippen molar-refractivity contribution >= 4 is 12.1 Å². The molecule has 9 nitrogen and oxygen atoms in total. The second-order valence-corrected chi connectivity index (χ2v) is 13.5. The van der Waals surface area contributed by atoms with Gasteiger partial charge in [0.2, 0.25) is 0 Å². The summed E-state index contributed by atoms with van der Waals surface area (Å²) in [7, 11) is 0. The predicted octanol–water partition coefficient (Wildman–Crippen LogP) is 4.53. The summed E-state index contributed by atoms with van der Waals surface area (Å²) in [6.07, 6.45) is 11.5. The van der Waals surface area contributed by atoms with Crippen LogP contribution >= 0.6 is 0 Å². The maximum Gasteiger partial charge on any atom is 0.410 e. The molecule has 4 rings (SSSR count). The van der Waals surface area contributed by atoms with Gasteiger partial charge in [0, 0.05) is 37.0 Å². The Balaban J connectivity index is 1.40. The molecule has 0 spiro atoms. The predicted molar refractivity (Wildman–Crippen MR) is 165 cm³/mol. The van der Waals surface area contributed by atoms with Crippen molar-refractivity contribution in [3.05, 3.63) is 36.0 Å². The van der Waals surface area contributed by atoms with E-state index in [0.717, 1.165) is 31.4 Å². The van der Waals surface area contributed by atoms with Gasteiger partial charge in [0.25, 0.3) is 0 Å². The summed E-state index contributed by atoms with van der Waals surface area (Å²) < 4.78 is 17.8. The first kappa shape index (κ1) is 33.7. The molecule has 0 radical (unpaired) electrons. The number of likely N-dealkylation sites (tertiary alicyclic amines) is 1. The number of aliphatic hydroxyl groups is 2. The Morgan fingerprint density at radius 2 is 2.02 bits per heavy atom. The Morgan fingerprint density at radius 1 is 1.26 bits per heavy atom. The third kappa shape index (κ3) is 9.16. The first-order valence-corrected chi connectivity index (χ1v) is 16.4. The van der Waals surface area contributed by atoms with Crippen molar-refractivity contribution in [2.24, 2.45) is 23.7 Å². The van der Waals surface area contributed by atoms with Gasteiger partial charge in [-0.05, 0) is 62.5 Å². The SMILES string of the molecule is CC[C@H](O)[C@@H](C)[C@H]1O[C@@H]1C[C@H](C)/C=C/C=C(\C)[C@H]1OC(=O)C[C@H](O)CC[C@H](C)[C@@H](OC(=O)N2C[C@H]3C[C@@H]2CN3)/C=C/[C@@H]1C. The number of rotatable bonds is 9. The monoisotopic (exact) mass is 602 g/mol. The van der Waals surface area contributed by atoms with Crippen LogP contribution in [-0.4, -0.2) is 89.0 Å². The number of epoxide rings is 1. The minimum atomic E-state index is -0.814. The van der Waals surface area contributed by atoms with Gasteiger partial charge in [-0.1, -0.05) is 58.9 Å². The zero-order chi connectivity index (χ0) is 31.3. The Morgan fingerprint density at radius 3 is 2.70 bits per heavy atom. The zero-order valence-corrected chi connectivity index (χ0v) is 26.9. The van der Waals surface area contributed by atoms with Crippen LogP contribution in [0.3, 0.4) is 0 Å². The third-order valence-corrected chi connectivity index (χ3v) is 9.80. The van der Waals surface area contributed by atoms with Crippen molar-refractivity contribution in [1.82, 2.24) is 10.2 Å². The van der Waals surface area contributed by atoms with E-state index >= 15 is 0 Å². The summed E-state index contributed by atoms with van der Waals surface area (Å²) in [4.78, 5) is 27.7. The number of carbonyl (C=O) groups is 2. The minimum absolute atomic E-state index is 0.0156. The molecule has 43 heavy (non-hydrogen) atoms. The molecule has 0 aliphatic carbocycles. The van der Waals surface area contributed by atoms with Crippen molar-refractivity contribution in [2.75, 3.05) is 13.1 Å². The lowest BCUT2D eigenvalue weighted by atomic mass is 9.92. The largest absolute Gasteiger partial charge is 0.457 e. The molecule has 3 N–H and O–H groups in total. The number of nitrogens with zero attached hydrogens (tertiary/aromatic N) is 1.